The van der Waals surface area contributed by atoms with E-state index in [4.69, 9.17) is 11.6 Å². The van der Waals surface area contributed by atoms with Crippen LogP contribution in [0.2, 0.25) is 5.02 Å². The summed E-state index contributed by atoms with van der Waals surface area (Å²) in [5.41, 5.74) is -0.499. The molecule has 1 nitrogen and oxygen atoms in total. The van der Waals surface area contributed by atoms with Crippen LogP contribution in [0.1, 0.15) is 11.1 Å². The van der Waals surface area contributed by atoms with Gasteiger partial charge in [0.05, 0.1) is 22.1 Å². The van der Waals surface area contributed by atoms with E-state index >= 15 is 0 Å². The monoisotopic (exact) mass is 366 g/mol. The smallest absolute Gasteiger partial charge is 0.200 e. The highest BCUT2D eigenvalue weighted by Crippen LogP contribution is 2.24. The van der Waals surface area contributed by atoms with Crippen LogP contribution in [0.15, 0.2) is 29.7 Å². The van der Waals surface area contributed by atoms with E-state index in [1.165, 1.54) is 0 Å². The Bertz CT molecular complexity index is 760. The average Bonchev–Trinajstić information content (AvgIpc) is 2.53. The molecule has 1 unspecified atom stereocenters. The van der Waals surface area contributed by atoms with Crippen molar-refractivity contribution < 1.29 is 26.2 Å². The predicted octanol–water partition coefficient (Wildman–Crippen LogP) is 4.96. The van der Waals surface area contributed by atoms with Gasteiger partial charge in [-0.25, -0.2) is 22.0 Å². The van der Waals surface area contributed by atoms with Gasteiger partial charge < -0.3 is 0 Å². The molecular weight excluding hydrogens is 359 g/mol. The first kappa shape index (κ1) is 17.6. The highest BCUT2D eigenvalue weighted by Gasteiger charge is 2.24. The van der Waals surface area contributed by atoms with Crippen molar-refractivity contribution in [3.8, 4) is 0 Å². The first-order valence-corrected chi connectivity index (χ1v) is 7.88. The fraction of sp³-hybridized carbons (Fsp3) is 0.0667. The van der Waals surface area contributed by atoms with E-state index in [0.29, 0.717) is 16.7 Å². The van der Waals surface area contributed by atoms with Gasteiger partial charge in [-0.2, -0.15) is 0 Å². The van der Waals surface area contributed by atoms with Crippen LogP contribution in [0.3, 0.4) is 0 Å². The number of hydrogen-bond acceptors (Lipinski definition) is 1. The van der Waals surface area contributed by atoms with E-state index in [0.717, 1.165) is 5.41 Å². The van der Waals surface area contributed by atoms with Crippen LogP contribution in [0, 0.1) is 29.1 Å². The Hall–Kier alpha value is -1.73. The van der Waals surface area contributed by atoms with Crippen LogP contribution in [0.5, 0.6) is 0 Å². The molecule has 0 saturated carbocycles. The summed E-state index contributed by atoms with van der Waals surface area (Å²) in [6.45, 7) is 0. The van der Waals surface area contributed by atoms with Crippen molar-refractivity contribution in [2.45, 2.75) is 5.75 Å². The molecule has 0 aliphatic carbocycles. The maximum atomic E-state index is 13.4. The second-order valence-corrected chi connectivity index (χ2v) is 6.20. The summed E-state index contributed by atoms with van der Waals surface area (Å²) in [4.78, 5) is 0. The lowest BCUT2D eigenvalue weighted by molar-refractivity contribution is 0.377. The molecule has 2 aromatic carbocycles. The lowest BCUT2D eigenvalue weighted by atomic mass is 10.1. The second-order valence-electron chi connectivity index (χ2n) is 4.44. The van der Waals surface area contributed by atoms with Gasteiger partial charge in [0, 0.05) is 10.4 Å². The van der Waals surface area contributed by atoms with Crippen molar-refractivity contribution in [3.63, 3.8) is 0 Å². The normalized spacial score (nSPS) is 12.8. The second kappa shape index (κ2) is 7.23. The van der Waals surface area contributed by atoms with Gasteiger partial charge in [0.1, 0.15) is 0 Å². The lowest BCUT2D eigenvalue weighted by Gasteiger charge is -2.04. The highest BCUT2D eigenvalue weighted by atomic mass is 35.5. The minimum absolute atomic E-state index is 0.00304. The quantitative estimate of drug-likeness (QED) is 0.425. The van der Waals surface area contributed by atoms with Crippen molar-refractivity contribution in [3.05, 3.63) is 74.9 Å². The first-order chi connectivity index (χ1) is 10.8. The zero-order valence-corrected chi connectivity index (χ0v) is 12.8. The molecule has 0 amide bonds. The Labute approximate surface area is 135 Å². The SMILES string of the molecule is O=S(C=Cc1c(F)c(F)c(F)c(F)c1F)Cc1ccc(Cl)cc1. The largest absolute Gasteiger partial charge is 0.255 e. The van der Waals surface area contributed by atoms with Gasteiger partial charge in [-0.3, -0.25) is 4.21 Å². The molecule has 122 valence electrons. The van der Waals surface area contributed by atoms with Crippen LogP contribution in [-0.4, -0.2) is 4.21 Å². The van der Waals surface area contributed by atoms with Crippen LogP contribution >= 0.6 is 11.6 Å². The van der Waals surface area contributed by atoms with Crippen molar-refractivity contribution in [2.24, 2.45) is 0 Å². The molecule has 1 atom stereocenters. The van der Waals surface area contributed by atoms with E-state index in [1.807, 2.05) is 0 Å². The summed E-state index contributed by atoms with van der Waals surface area (Å²) in [5.74, 6) is -10.3. The standard InChI is InChI=1S/C15H8ClF5OS/c16-9-3-1-8(2-4-9)7-23(22)6-5-10-11(17)13(19)15(21)14(20)12(10)18/h1-6H,7H2. The number of hydrogen-bond donors (Lipinski definition) is 0. The summed E-state index contributed by atoms with van der Waals surface area (Å²) in [5, 5.41) is 1.35. The van der Waals surface area contributed by atoms with Gasteiger partial charge in [0.2, 0.25) is 5.82 Å². The van der Waals surface area contributed by atoms with Crippen LogP contribution in [-0.2, 0) is 16.6 Å². The third kappa shape index (κ3) is 3.97. The van der Waals surface area contributed by atoms with Crippen LogP contribution in [0.4, 0.5) is 22.0 Å². The molecule has 0 aromatic heterocycles. The molecule has 23 heavy (non-hydrogen) atoms. The number of halogens is 6. The Morgan fingerprint density at radius 2 is 1.35 bits per heavy atom. The Morgan fingerprint density at radius 1 is 0.870 bits per heavy atom. The Balaban J connectivity index is 2.23. The molecule has 0 radical (unpaired) electrons. The molecule has 0 spiro atoms. The van der Waals surface area contributed by atoms with E-state index in [-0.39, 0.29) is 5.75 Å². The molecule has 0 saturated heterocycles. The van der Waals surface area contributed by atoms with E-state index in [1.54, 1.807) is 24.3 Å². The summed E-state index contributed by atoms with van der Waals surface area (Å²) in [6, 6.07) is 6.35. The molecule has 0 heterocycles. The molecule has 0 N–H and O–H groups in total. The maximum absolute atomic E-state index is 13.4. The lowest BCUT2D eigenvalue weighted by Crippen LogP contribution is -2.04. The molecular formula is C15H8ClF5OS. The Kier molecular flexibility index (Phi) is 5.54. The average molecular weight is 367 g/mol. The Morgan fingerprint density at radius 3 is 1.87 bits per heavy atom. The molecule has 0 fully saturated rings. The van der Waals surface area contributed by atoms with Gasteiger partial charge in [-0.15, -0.1) is 0 Å². The van der Waals surface area contributed by atoms with Gasteiger partial charge in [0.15, 0.2) is 23.3 Å². The van der Waals surface area contributed by atoms with Crippen molar-refractivity contribution in [1.29, 1.82) is 0 Å². The van der Waals surface area contributed by atoms with E-state index < -0.39 is 45.4 Å². The molecule has 8 heteroatoms. The zero-order valence-electron chi connectivity index (χ0n) is 11.3. The van der Waals surface area contributed by atoms with E-state index in [9.17, 15) is 26.2 Å². The van der Waals surface area contributed by atoms with Gasteiger partial charge in [-0.05, 0) is 23.8 Å². The van der Waals surface area contributed by atoms with Crippen molar-refractivity contribution in [1.82, 2.24) is 0 Å². The summed E-state index contributed by atoms with van der Waals surface area (Å²) < 4.78 is 77.6. The minimum Gasteiger partial charge on any atom is -0.255 e. The number of rotatable bonds is 4. The van der Waals surface area contributed by atoms with Gasteiger partial charge in [-0.1, -0.05) is 23.7 Å². The minimum atomic E-state index is -2.24. The number of benzene rings is 2. The van der Waals surface area contributed by atoms with Crippen LogP contribution < -0.4 is 0 Å². The fourth-order valence-corrected chi connectivity index (χ4v) is 2.74. The summed E-state index contributed by atoms with van der Waals surface area (Å²) >= 11 is 5.69. The fourth-order valence-electron chi connectivity index (χ4n) is 1.71. The first-order valence-electron chi connectivity index (χ1n) is 6.12. The molecule has 2 aromatic rings. The van der Waals surface area contributed by atoms with Crippen molar-refractivity contribution in [2.75, 3.05) is 0 Å². The zero-order chi connectivity index (χ0) is 17.1. The maximum Gasteiger partial charge on any atom is 0.200 e. The van der Waals surface area contributed by atoms with E-state index in [2.05, 4.69) is 0 Å². The summed E-state index contributed by atoms with van der Waals surface area (Å²) in [7, 11) is -1.71. The predicted molar refractivity (Wildman–Crippen MR) is 78.6 cm³/mol. The van der Waals surface area contributed by atoms with Crippen molar-refractivity contribution >= 4 is 28.5 Å². The highest BCUT2D eigenvalue weighted by molar-refractivity contribution is 7.87. The third-order valence-electron chi connectivity index (χ3n) is 2.85. The molecule has 0 aliphatic rings. The molecule has 0 bridgehead atoms. The van der Waals surface area contributed by atoms with Crippen LogP contribution in [0.25, 0.3) is 6.08 Å². The topological polar surface area (TPSA) is 17.1 Å². The molecule has 2 rings (SSSR count). The third-order valence-corrected chi connectivity index (χ3v) is 4.16. The molecule has 0 aliphatic heterocycles. The van der Waals surface area contributed by atoms with Gasteiger partial charge in [0.25, 0.3) is 0 Å². The van der Waals surface area contributed by atoms with Gasteiger partial charge >= 0.3 is 0 Å². The summed E-state index contributed by atoms with van der Waals surface area (Å²) in [6.07, 6.45) is 0.613.